The predicted octanol–water partition coefficient (Wildman–Crippen LogP) is 3.98. The molecule has 7 rings (SSSR count). The molecule has 224 valence electrons. The van der Waals surface area contributed by atoms with E-state index in [0.29, 0.717) is 23.6 Å². The van der Waals surface area contributed by atoms with Crippen LogP contribution in [0.15, 0.2) is 53.9 Å². The summed E-state index contributed by atoms with van der Waals surface area (Å²) in [5.74, 6) is -1.05. The number of anilines is 2. The molecule has 5 heterocycles. The number of thiophene rings is 1. The van der Waals surface area contributed by atoms with Gasteiger partial charge in [-0.15, -0.1) is 11.3 Å². The van der Waals surface area contributed by atoms with Gasteiger partial charge in [0.15, 0.2) is 5.78 Å². The van der Waals surface area contributed by atoms with Gasteiger partial charge in [-0.2, -0.15) is 0 Å². The van der Waals surface area contributed by atoms with E-state index in [4.69, 9.17) is 0 Å². The second kappa shape index (κ2) is 9.38. The van der Waals surface area contributed by atoms with Crippen LogP contribution in [0.5, 0.6) is 0 Å². The molecule has 0 bridgehead atoms. The molecular weight excluding hydrogens is 586 g/mol. The Morgan fingerprint density at radius 3 is 2.18 bits per heavy atom. The number of hydrogen-bond donors (Lipinski definition) is 2. The Morgan fingerprint density at radius 2 is 1.55 bits per heavy atom. The van der Waals surface area contributed by atoms with E-state index in [1.165, 1.54) is 45.8 Å². The lowest BCUT2D eigenvalue weighted by atomic mass is 9.84. The van der Waals surface area contributed by atoms with Crippen LogP contribution in [0.2, 0.25) is 0 Å². The first kappa shape index (κ1) is 27.6. The number of carbonyl (C=O) groups excluding carboxylic acids is 4. The van der Waals surface area contributed by atoms with Crippen molar-refractivity contribution in [2.75, 3.05) is 17.2 Å². The number of nitrogens with zero attached hydrogens (tertiary/aromatic N) is 5. The number of carbonyl (C=O) groups is 4. The Morgan fingerprint density at radius 1 is 0.955 bits per heavy atom. The molecule has 2 atom stereocenters. The molecule has 1 spiro atoms. The van der Waals surface area contributed by atoms with E-state index in [2.05, 4.69) is 10.6 Å². The van der Waals surface area contributed by atoms with Crippen molar-refractivity contribution in [3.63, 3.8) is 0 Å². The van der Waals surface area contributed by atoms with E-state index >= 15 is 0 Å². The zero-order chi connectivity index (χ0) is 31.2. The first-order chi connectivity index (χ1) is 20.9. The lowest BCUT2D eigenvalue weighted by Gasteiger charge is -2.28. The number of amides is 3. The lowest BCUT2D eigenvalue weighted by molar-refractivity contribution is -0.384. The molecule has 0 aromatic carbocycles. The molecule has 4 aromatic rings. The molecule has 1 saturated carbocycles. The molecule has 4 aromatic heterocycles. The average Bonchev–Trinajstić information content (AvgIpc) is 3.49. The number of aromatic nitrogens is 3. The van der Waals surface area contributed by atoms with Crippen molar-refractivity contribution < 1.29 is 24.1 Å². The van der Waals surface area contributed by atoms with E-state index < -0.39 is 16.7 Å². The third kappa shape index (κ3) is 3.97. The number of ketones is 1. The van der Waals surface area contributed by atoms with Crippen LogP contribution in [0, 0.1) is 23.0 Å². The van der Waals surface area contributed by atoms with Crippen LogP contribution in [-0.2, 0) is 26.6 Å². The van der Waals surface area contributed by atoms with Gasteiger partial charge in [0.25, 0.3) is 23.4 Å². The summed E-state index contributed by atoms with van der Waals surface area (Å²) in [6, 6.07) is 4.27. The summed E-state index contributed by atoms with van der Waals surface area (Å²) in [5, 5.41) is 18.5. The number of aryl methyl sites for hydroxylation is 4. The minimum Gasteiger partial charge on any atom is -0.344 e. The summed E-state index contributed by atoms with van der Waals surface area (Å²) in [4.78, 5) is 65.6. The number of piperidine rings is 1. The van der Waals surface area contributed by atoms with Gasteiger partial charge < -0.3 is 29.2 Å². The minimum atomic E-state index is -0.580. The molecule has 2 aliphatic carbocycles. The van der Waals surface area contributed by atoms with Gasteiger partial charge in [-0.1, -0.05) is 0 Å². The predicted molar refractivity (Wildman–Crippen MR) is 161 cm³/mol. The van der Waals surface area contributed by atoms with Crippen molar-refractivity contribution in [3.05, 3.63) is 97.1 Å². The van der Waals surface area contributed by atoms with Crippen LogP contribution >= 0.6 is 11.3 Å². The number of allylic oxidation sites excluding steroid dienone is 2. The number of hydrogen-bond acceptors (Lipinski definition) is 7. The fraction of sp³-hybridized carbons (Fsp3) is 0.267. The molecular formula is C30H27N7O6S. The maximum atomic E-state index is 13.8. The van der Waals surface area contributed by atoms with Crippen LogP contribution in [0.1, 0.15) is 58.7 Å². The Kier molecular flexibility index (Phi) is 5.88. The van der Waals surface area contributed by atoms with E-state index in [0.717, 1.165) is 28.1 Å². The molecule has 2 fully saturated rings. The smallest absolute Gasteiger partial charge is 0.287 e. The van der Waals surface area contributed by atoms with Crippen molar-refractivity contribution in [1.29, 1.82) is 0 Å². The number of nitrogens with one attached hydrogen (secondary N) is 2. The van der Waals surface area contributed by atoms with Crippen molar-refractivity contribution in [2.24, 2.45) is 27.1 Å². The highest BCUT2D eigenvalue weighted by Crippen LogP contribution is 2.68. The van der Waals surface area contributed by atoms with Crippen LogP contribution in [0.3, 0.4) is 0 Å². The Balaban J connectivity index is 1.07. The number of rotatable bonds is 6. The van der Waals surface area contributed by atoms with Crippen molar-refractivity contribution in [2.45, 2.75) is 18.8 Å². The van der Waals surface area contributed by atoms with Gasteiger partial charge in [-0.25, -0.2) is 0 Å². The first-order valence-electron chi connectivity index (χ1n) is 13.8. The normalized spacial score (nSPS) is 19.6. The molecule has 1 saturated heterocycles. The fourth-order valence-electron chi connectivity index (χ4n) is 6.73. The third-order valence-electron chi connectivity index (χ3n) is 8.83. The van der Waals surface area contributed by atoms with Gasteiger partial charge in [-0.05, 0) is 47.9 Å². The van der Waals surface area contributed by atoms with Gasteiger partial charge in [-0.3, -0.25) is 29.3 Å². The summed E-state index contributed by atoms with van der Waals surface area (Å²) < 4.78 is 4.54. The highest BCUT2D eigenvalue weighted by molar-refractivity contribution is 7.12. The summed E-state index contributed by atoms with van der Waals surface area (Å²) in [6.45, 7) is 2.56. The Hall–Kier alpha value is -5.24. The molecule has 0 radical (unpaired) electrons. The number of nitro groups is 1. The third-order valence-corrected chi connectivity index (χ3v) is 9.94. The number of fused-ring (bicyclic) bond motifs is 1. The van der Waals surface area contributed by atoms with Gasteiger partial charge in [0.1, 0.15) is 17.1 Å². The maximum absolute atomic E-state index is 13.8. The summed E-state index contributed by atoms with van der Waals surface area (Å²) in [7, 11) is 4.90. The van der Waals surface area contributed by atoms with Crippen molar-refractivity contribution in [3.8, 4) is 0 Å². The molecule has 0 unspecified atom stereocenters. The zero-order valence-electron chi connectivity index (χ0n) is 24.2. The van der Waals surface area contributed by atoms with Crippen molar-refractivity contribution in [1.82, 2.24) is 18.6 Å². The Bertz CT molecular complexity index is 2010. The van der Waals surface area contributed by atoms with Crippen LogP contribution in [0.25, 0.3) is 0 Å². The second-order valence-electron chi connectivity index (χ2n) is 11.6. The largest absolute Gasteiger partial charge is 0.344 e. The standard InChI is InChI=1S/C30H27N7O6S/c1-15-14-44-26-23(38)8-24-30(25(15)26)9-16(30)10-36(24)29(41)22-6-18(12-34(22)3)32-27(39)20-5-17(11-33(20)2)31-28(40)21-7-19(37(42)43)13-35(21)4/h5-8,11-14,16H,9-10H2,1-4H3,(H,31,40)(H,32,39)/t16-,30+/m0/s1. The fourth-order valence-corrected chi connectivity index (χ4v) is 7.78. The number of likely N-dealkylation sites (tertiary alicyclic amines) is 1. The van der Waals surface area contributed by atoms with E-state index in [1.807, 2.05) is 12.3 Å². The summed E-state index contributed by atoms with van der Waals surface area (Å²) in [5.41, 5.74) is 3.91. The van der Waals surface area contributed by atoms with Gasteiger partial charge in [0, 0.05) is 63.3 Å². The van der Waals surface area contributed by atoms with Crippen LogP contribution in [-0.4, -0.2) is 53.6 Å². The van der Waals surface area contributed by atoms with Gasteiger partial charge in [0.05, 0.1) is 27.4 Å². The van der Waals surface area contributed by atoms with Gasteiger partial charge in [0.2, 0.25) is 0 Å². The average molecular weight is 614 g/mol. The monoisotopic (exact) mass is 613 g/mol. The molecule has 2 N–H and O–H groups in total. The highest BCUT2D eigenvalue weighted by Gasteiger charge is 2.68. The summed E-state index contributed by atoms with van der Waals surface area (Å²) >= 11 is 1.47. The van der Waals surface area contributed by atoms with Crippen LogP contribution < -0.4 is 10.6 Å². The van der Waals surface area contributed by atoms with E-state index in [9.17, 15) is 29.3 Å². The van der Waals surface area contributed by atoms with Gasteiger partial charge >= 0.3 is 0 Å². The highest BCUT2D eigenvalue weighted by atomic mass is 32.1. The van der Waals surface area contributed by atoms with E-state index in [-0.39, 0.29) is 40.1 Å². The van der Waals surface area contributed by atoms with Crippen molar-refractivity contribution >= 4 is 51.9 Å². The quantitative estimate of drug-likeness (QED) is 0.248. The minimum absolute atomic E-state index is 0.0630. The molecule has 1 aliphatic heterocycles. The first-order valence-corrected chi connectivity index (χ1v) is 14.7. The Labute approximate surface area is 254 Å². The van der Waals surface area contributed by atoms with E-state index in [1.54, 1.807) is 48.1 Å². The molecule has 13 nitrogen and oxygen atoms in total. The van der Waals surface area contributed by atoms with Crippen LogP contribution in [0.4, 0.5) is 17.1 Å². The lowest BCUT2D eigenvalue weighted by Crippen LogP contribution is -2.34. The molecule has 44 heavy (non-hydrogen) atoms. The molecule has 3 amide bonds. The zero-order valence-corrected chi connectivity index (χ0v) is 25.0. The topological polar surface area (TPSA) is 154 Å². The molecule has 3 aliphatic rings. The molecule has 14 heteroatoms. The maximum Gasteiger partial charge on any atom is 0.287 e. The summed E-state index contributed by atoms with van der Waals surface area (Å²) in [6.07, 6.45) is 7.00. The second-order valence-corrected chi connectivity index (χ2v) is 12.5. The SMILES string of the molecule is Cc1csc2c1[C@]13C[C@H]1CN(C(=O)c1cc(NC(=O)c4cc(NC(=O)c5cc([N+](=O)[O-])cn5C)cn4C)cn1C)C3=CC2=O.